The molecule has 2 aliphatic rings. The Morgan fingerprint density at radius 2 is 1.46 bits per heavy atom. The van der Waals surface area contributed by atoms with Crippen LogP contribution in [0, 0.1) is 26.7 Å². The summed E-state index contributed by atoms with van der Waals surface area (Å²) in [4.78, 5) is 27.3. The van der Waals surface area contributed by atoms with Crippen molar-refractivity contribution >= 4 is 38.6 Å². The number of sulfonamides is 1. The highest BCUT2D eigenvalue weighted by molar-refractivity contribution is 7.89. The Hall–Kier alpha value is -3.04. The molecule has 1 fully saturated rings. The fourth-order valence-electron chi connectivity index (χ4n) is 5.36. The van der Waals surface area contributed by atoms with Crippen LogP contribution in [0.25, 0.3) is 11.0 Å². The molecule has 0 atom stereocenters. The average molecular weight is 494 g/mol. The van der Waals surface area contributed by atoms with E-state index in [9.17, 15) is 13.2 Å². The summed E-state index contributed by atoms with van der Waals surface area (Å²) in [5.74, 6) is 1.05. The minimum absolute atomic E-state index is 0.00340. The lowest BCUT2D eigenvalue weighted by Crippen LogP contribution is -2.49. The number of para-hydroxylation sites is 2. The number of rotatable bonds is 3. The molecule has 0 N–H and O–H groups in total. The molecule has 2 aliphatic heterocycles. The zero-order valence-electron chi connectivity index (χ0n) is 20.7. The number of piperidine rings is 1. The third-order valence-corrected chi connectivity index (χ3v) is 9.29. The lowest BCUT2D eigenvalue weighted by Gasteiger charge is -2.37. The van der Waals surface area contributed by atoms with Gasteiger partial charge >= 0.3 is 0 Å². The molecule has 35 heavy (non-hydrogen) atoms. The van der Waals surface area contributed by atoms with Crippen LogP contribution in [0.15, 0.2) is 41.3 Å². The van der Waals surface area contributed by atoms with Crippen LogP contribution in [-0.4, -0.2) is 61.8 Å². The van der Waals surface area contributed by atoms with Crippen molar-refractivity contribution in [1.29, 1.82) is 0 Å². The molecule has 8 nitrogen and oxygen atoms in total. The fraction of sp³-hybridized carbons (Fsp3) is 0.423. The van der Waals surface area contributed by atoms with Gasteiger partial charge in [-0.2, -0.15) is 4.31 Å². The van der Waals surface area contributed by atoms with Crippen LogP contribution < -0.4 is 9.80 Å². The number of anilines is 2. The van der Waals surface area contributed by atoms with Crippen molar-refractivity contribution in [2.24, 2.45) is 5.92 Å². The Balaban J connectivity index is 1.36. The highest BCUT2D eigenvalue weighted by atomic mass is 32.2. The van der Waals surface area contributed by atoms with E-state index in [0.29, 0.717) is 55.6 Å². The number of amides is 1. The molecule has 2 aromatic carbocycles. The summed E-state index contributed by atoms with van der Waals surface area (Å²) in [6, 6.07) is 11.5. The van der Waals surface area contributed by atoms with Crippen LogP contribution >= 0.6 is 0 Å². The van der Waals surface area contributed by atoms with E-state index < -0.39 is 10.0 Å². The van der Waals surface area contributed by atoms with Gasteiger partial charge in [0.25, 0.3) is 0 Å². The normalized spacial score (nSPS) is 17.6. The van der Waals surface area contributed by atoms with Crippen molar-refractivity contribution in [3.05, 3.63) is 53.1 Å². The zero-order chi connectivity index (χ0) is 24.9. The maximum absolute atomic E-state index is 13.6. The van der Waals surface area contributed by atoms with E-state index >= 15 is 0 Å². The van der Waals surface area contributed by atoms with Crippen molar-refractivity contribution in [2.45, 2.75) is 38.5 Å². The second-order valence-corrected chi connectivity index (χ2v) is 11.6. The Labute approximate surface area is 206 Å². The molecule has 1 aromatic heterocycles. The SMILES string of the molecule is Cc1cc(C)c(S(=O)(=O)N2CCC(C(=O)N3CCN(C)c4nc5ccccc5nc43)CC2)c(C)c1. The van der Waals surface area contributed by atoms with Crippen LogP contribution in [0.3, 0.4) is 0 Å². The molecule has 0 aliphatic carbocycles. The van der Waals surface area contributed by atoms with Crippen molar-refractivity contribution in [3.8, 4) is 0 Å². The molecule has 0 spiro atoms. The minimum atomic E-state index is -3.61. The summed E-state index contributed by atoms with van der Waals surface area (Å²) in [6.07, 6.45) is 0.982. The molecule has 0 bridgehead atoms. The highest BCUT2D eigenvalue weighted by Gasteiger charge is 2.37. The summed E-state index contributed by atoms with van der Waals surface area (Å²) in [5, 5.41) is 0. The van der Waals surface area contributed by atoms with Crippen molar-refractivity contribution in [3.63, 3.8) is 0 Å². The Kier molecular flexibility index (Phi) is 6.01. The second-order valence-electron chi connectivity index (χ2n) is 9.68. The third kappa shape index (κ3) is 4.16. The summed E-state index contributed by atoms with van der Waals surface area (Å²) < 4.78 is 28.4. The van der Waals surface area contributed by atoms with Crippen molar-refractivity contribution in [1.82, 2.24) is 14.3 Å². The Morgan fingerprint density at radius 1 is 0.886 bits per heavy atom. The molecule has 3 heterocycles. The first kappa shape index (κ1) is 23.7. The first-order valence-corrected chi connectivity index (χ1v) is 13.5. The Morgan fingerprint density at radius 3 is 2.06 bits per heavy atom. The molecule has 3 aromatic rings. The van der Waals surface area contributed by atoms with E-state index in [2.05, 4.69) is 0 Å². The largest absolute Gasteiger partial charge is 0.355 e. The van der Waals surface area contributed by atoms with Gasteiger partial charge in [0.05, 0.1) is 15.9 Å². The van der Waals surface area contributed by atoms with Gasteiger partial charge < -0.3 is 4.90 Å². The van der Waals surface area contributed by atoms with E-state index in [1.165, 1.54) is 4.31 Å². The first-order chi connectivity index (χ1) is 16.7. The zero-order valence-corrected chi connectivity index (χ0v) is 21.5. The van der Waals surface area contributed by atoms with Crippen LogP contribution in [0.2, 0.25) is 0 Å². The van der Waals surface area contributed by atoms with Gasteiger partial charge in [-0.15, -0.1) is 0 Å². The van der Waals surface area contributed by atoms with Crippen LogP contribution in [0.4, 0.5) is 11.6 Å². The number of hydrogen-bond donors (Lipinski definition) is 0. The fourth-order valence-corrected chi connectivity index (χ4v) is 7.24. The summed E-state index contributed by atoms with van der Waals surface area (Å²) in [7, 11) is -1.65. The van der Waals surface area contributed by atoms with Gasteiger partial charge in [-0.3, -0.25) is 9.69 Å². The van der Waals surface area contributed by atoms with Gasteiger partial charge in [0, 0.05) is 39.1 Å². The lowest BCUT2D eigenvalue weighted by molar-refractivity contribution is -0.123. The van der Waals surface area contributed by atoms with Crippen LogP contribution in [0.5, 0.6) is 0 Å². The molecule has 184 valence electrons. The molecule has 1 amide bonds. The number of carbonyl (C=O) groups excluding carboxylic acids is 1. The van der Waals surface area contributed by atoms with Gasteiger partial charge in [-0.1, -0.05) is 29.8 Å². The van der Waals surface area contributed by atoms with E-state index in [0.717, 1.165) is 27.7 Å². The second kappa shape index (κ2) is 8.87. The van der Waals surface area contributed by atoms with Crippen LogP contribution in [-0.2, 0) is 14.8 Å². The number of nitrogens with zero attached hydrogens (tertiary/aromatic N) is 5. The van der Waals surface area contributed by atoms with E-state index in [1.807, 2.05) is 69.1 Å². The van der Waals surface area contributed by atoms with Crippen molar-refractivity contribution < 1.29 is 13.2 Å². The quantitative estimate of drug-likeness (QED) is 0.556. The van der Waals surface area contributed by atoms with Gasteiger partial charge in [0.2, 0.25) is 15.9 Å². The predicted molar refractivity (Wildman–Crippen MR) is 137 cm³/mol. The van der Waals surface area contributed by atoms with Crippen molar-refractivity contribution in [2.75, 3.05) is 43.0 Å². The number of hydrogen-bond acceptors (Lipinski definition) is 6. The number of benzene rings is 2. The Bertz CT molecular complexity index is 1390. The standard InChI is InChI=1S/C26H31N5O3S/c1-17-15-18(2)23(19(3)16-17)35(33,34)30-11-9-20(10-12-30)26(32)31-14-13-29(4)24-25(31)28-22-8-6-5-7-21(22)27-24/h5-8,15-16,20H,9-14H2,1-4H3. The topological polar surface area (TPSA) is 86.7 Å². The lowest BCUT2D eigenvalue weighted by atomic mass is 9.96. The van der Waals surface area contributed by atoms with E-state index in [1.54, 1.807) is 4.90 Å². The smallest absolute Gasteiger partial charge is 0.243 e. The number of likely N-dealkylation sites (N-methyl/N-ethyl adjacent to an activating group) is 1. The molecule has 1 saturated heterocycles. The number of aryl methyl sites for hydroxylation is 3. The van der Waals surface area contributed by atoms with Gasteiger partial charge in [-0.25, -0.2) is 18.4 Å². The van der Waals surface area contributed by atoms with Gasteiger partial charge in [0.1, 0.15) is 0 Å². The van der Waals surface area contributed by atoms with Gasteiger partial charge in [-0.05, 0) is 56.9 Å². The summed E-state index contributed by atoms with van der Waals surface area (Å²) in [6.45, 7) is 7.53. The average Bonchev–Trinajstić information content (AvgIpc) is 2.82. The molecule has 0 saturated carbocycles. The maximum atomic E-state index is 13.6. The third-order valence-electron chi connectivity index (χ3n) is 7.08. The van der Waals surface area contributed by atoms with Gasteiger partial charge in [0.15, 0.2) is 11.6 Å². The summed E-state index contributed by atoms with van der Waals surface area (Å²) in [5.41, 5.74) is 4.13. The number of aromatic nitrogens is 2. The van der Waals surface area contributed by atoms with E-state index in [-0.39, 0.29) is 11.8 Å². The highest BCUT2D eigenvalue weighted by Crippen LogP contribution is 2.34. The molecular formula is C26H31N5O3S. The number of fused-ring (bicyclic) bond motifs is 2. The monoisotopic (exact) mass is 493 g/mol. The molecule has 0 unspecified atom stereocenters. The molecule has 0 radical (unpaired) electrons. The van der Waals surface area contributed by atoms with E-state index in [4.69, 9.17) is 9.97 Å². The summed E-state index contributed by atoms with van der Waals surface area (Å²) >= 11 is 0. The van der Waals surface area contributed by atoms with Crippen LogP contribution in [0.1, 0.15) is 29.5 Å². The molecule has 5 rings (SSSR count). The molecule has 9 heteroatoms. The predicted octanol–water partition coefficient (Wildman–Crippen LogP) is 3.44. The first-order valence-electron chi connectivity index (χ1n) is 12.0. The molecular weight excluding hydrogens is 462 g/mol. The minimum Gasteiger partial charge on any atom is -0.355 e. The number of carbonyl (C=O) groups is 1. The maximum Gasteiger partial charge on any atom is 0.243 e.